The maximum absolute atomic E-state index is 11.6. The van der Waals surface area contributed by atoms with E-state index in [9.17, 15) is 4.79 Å². The lowest BCUT2D eigenvalue weighted by atomic mass is 10.1. The number of benzene rings is 1. The number of hydrogen-bond acceptors (Lipinski definition) is 7. The Kier molecular flexibility index (Phi) is 6.07. The molecule has 0 radical (unpaired) electrons. The van der Waals surface area contributed by atoms with Crippen molar-refractivity contribution < 1.29 is 4.79 Å². The molecule has 1 aliphatic rings. The molecule has 6 aromatic rings. The van der Waals surface area contributed by atoms with Crippen LogP contribution in [0.25, 0.3) is 39.1 Å². The first kappa shape index (κ1) is 24.8. The lowest BCUT2D eigenvalue weighted by molar-refractivity contribution is -0.129. The molecule has 1 aromatic carbocycles. The van der Waals surface area contributed by atoms with E-state index in [1.54, 1.807) is 13.1 Å². The third kappa shape index (κ3) is 4.63. The molecule has 204 valence electrons. The number of nitrogens with zero attached hydrogens (tertiary/aromatic N) is 8. The highest BCUT2D eigenvalue weighted by Crippen LogP contribution is 2.31. The zero-order chi connectivity index (χ0) is 27.9. The second-order valence-corrected chi connectivity index (χ2v) is 10.2. The quantitative estimate of drug-likeness (QED) is 0.335. The maximum atomic E-state index is 11.6. The number of amides is 1. The van der Waals surface area contributed by atoms with Crippen LogP contribution in [0.15, 0.2) is 85.6 Å². The molecule has 1 fully saturated rings. The molecule has 1 amide bonds. The van der Waals surface area contributed by atoms with E-state index in [2.05, 4.69) is 83.9 Å². The largest absolute Gasteiger partial charge is 0.367 e. The molecule has 5 aromatic heterocycles. The molecule has 10 nitrogen and oxygen atoms in total. The number of carbonyl (C=O) groups excluding carboxylic acids is 1. The van der Waals surface area contributed by atoms with Gasteiger partial charge in [-0.15, -0.1) is 0 Å². The fourth-order valence-electron chi connectivity index (χ4n) is 5.50. The number of nitrogens with one attached hydrogen (secondary N) is 1. The van der Waals surface area contributed by atoms with Crippen molar-refractivity contribution in [2.45, 2.75) is 6.92 Å². The van der Waals surface area contributed by atoms with Gasteiger partial charge in [-0.05, 0) is 36.4 Å². The van der Waals surface area contributed by atoms with Gasteiger partial charge in [-0.2, -0.15) is 0 Å². The molecule has 10 heteroatoms. The summed E-state index contributed by atoms with van der Waals surface area (Å²) in [6.07, 6.45) is 9.70. The van der Waals surface area contributed by atoms with Crippen molar-refractivity contribution in [1.82, 2.24) is 33.8 Å². The van der Waals surface area contributed by atoms with E-state index in [0.29, 0.717) is 11.8 Å². The Morgan fingerprint density at radius 3 is 2.54 bits per heavy atom. The number of carbonyl (C=O) groups is 1. The zero-order valence-electron chi connectivity index (χ0n) is 22.9. The van der Waals surface area contributed by atoms with Crippen molar-refractivity contribution in [1.29, 1.82) is 0 Å². The van der Waals surface area contributed by atoms with E-state index < -0.39 is 0 Å². The lowest BCUT2D eigenvalue weighted by Crippen LogP contribution is -2.48. The lowest BCUT2D eigenvalue weighted by Gasteiger charge is -2.35. The maximum Gasteiger partial charge on any atom is 0.228 e. The van der Waals surface area contributed by atoms with Gasteiger partial charge in [0.05, 0.1) is 29.5 Å². The monoisotopic (exact) mass is 543 g/mol. The van der Waals surface area contributed by atoms with Crippen molar-refractivity contribution in [3.63, 3.8) is 0 Å². The summed E-state index contributed by atoms with van der Waals surface area (Å²) in [5, 5.41) is 4.44. The summed E-state index contributed by atoms with van der Waals surface area (Å²) in [6.45, 7) is 4.65. The van der Waals surface area contributed by atoms with Crippen LogP contribution in [0.3, 0.4) is 0 Å². The van der Waals surface area contributed by atoms with E-state index >= 15 is 0 Å². The van der Waals surface area contributed by atoms with Gasteiger partial charge in [-0.25, -0.2) is 19.9 Å². The van der Waals surface area contributed by atoms with E-state index in [0.717, 1.165) is 54.5 Å². The van der Waals surface area contributed by atoms with Crippen molar-refractivity contribution in [2.24, 2.45) is 7.05 Å². The van der Waals surface area contributed by atoms with Crippen molar-refractivity contribution in [2.75, 3.05) is 36.4 Å². The molecule has 1 aliphatic heterocycles. The summed E-state index contributed by atoms with van der Waals surface area (Å²) in [4.78, 5) is 34.1. The number of aryl methyl sites for hydroxylation is 1. The molecule has 0 unspecified atom stereocenters. The minimum atomic E-state index is 0.124. The fourth-order valence-corrected chi connectivity index (χ4v) is 5.50. The first-order valence-corrected chi connectivity index (χ1v) is 13.6. The predicted octanol–water partition coefficient (Wildman–Crippen LogP) is 4.76. The van der Waals surface area contributed by atoms with Crippen LogP contribution < -0.4 is 10.2 Å². The number of fused-ring (bicyclic) bond motifs is 2. The highest BCUT2D eigenvalue weighted by atomic mass is 16.2. The third-order valence-electron chi connectivity index (χ3n) is 7.71. The summed E-state index contributed by atoms with van der Waals surface area (Å²) >= 11 is 0. The predicted molar refractivity (Wildman–Crippen MR) is 160 cm³/mol. The number of hydrogen-bond donors (Lipinski definition) is 1. The first-order chi connectivity index (χ1) is 20.0. The second kappa shape index (κ2) is 10.1. The van der Waals surface area contributed by atoms with Gasteiger partial charge in [0.2, 0.25) is 11.9 Å². The highest BCUT2D eigenvalue weighted by molar-refractivity contribution is 5.96. The van der Waals surface area contributed by atoms with E-state index in [1.165, 1.54) is 16.5 Å². The van der Waals surface area contributed by atoms with Gasteiger partial charge in [0.15, 0.2) is 0 Å². The Morgan fingerprint density at radius 1 is 0.878 bits per heavy atom. The average Bonchev–Trinajstić information content (AvgIpc) is 3.58. The number of anilines is 3. The van der Waals surface area contributed by atoms with Crippen molar-refractivity contribution in [3.05, 3.63) is 85.6 Å². The molecule has 41 heavy (non-hydrogen) atoms. The number of rotatable bonds is 5. The molecule has 0 bridgehead atoms. The molecule has 6 heterocycles. The molecule has 1 N–H and O–H groups in total. The minimum Gasteiger partial charge on any atom is -0.367 e. The number of imidazole rings is 1. The van der Waals surface area contributed by atoms with Crippen LogP contribution in [0.5, 0.6) is 0 Å². The zero-order valence-corrected chi connectivity index (χ0v) is 22.9. The highest BCUT2D eigenvalue weighted by Gasteiger charge is 2.19. The van der Waals surface area contributed by atoms with Crippen molar-refractivity contribution >= 4 is 39.9 Å². The summed E-state index contributed by atoms with van der Waals surface area (Å²) < 4.78 is 4.23. The molecule has 0 aliphatic carbocycles. The Morgan fingerprint density at radius 2 is 1.73 bits per heavy atom. The molecular formula is C31H29N9O. The van der Waals surface area contributed by atoms with Gasteiger partial charge in [0, 0.05) is 80.8 Å². The van der Waals surface area contributed by atoms with Crippen LogP contribution in [-0.4, -0.2) is 65.9 Å². The summed E-state index contributed by atoms with van der Waals surface area (Å²) in [5.74, 6) is 1.24. The third-order valence-corrected chi connectivity index (χ3v) is 7.71. The Bertz CT molecular complexity index is 1880. The van der Waals surface area contributed by atoms with Crippen LogP contribution in [-0.2, 0) is 11.8 Å². The summed E-state index contributed by atoms with van der Waals surface area (Å²) in [5.41, 5.74) is 6.97. The molecular weight excluding hydrogens is 514 g/mol. The van der Waals surface area contributed by atoms with Gasteiger partial charge in [0.1, 0.15) is 11.5 Å². The van der Waals surface area contributed by atoms with E-state index in [1.807, 2.05) is 41.6 Å². The van der Waals surface area contributed by atoms with Gasteiger partial charge >= 0.3 is 0 Å². The number of aromatic nitrogens is 6. The number of para-hydroxylation sites is 1. The average molecular weight is 544 g/mol. The van der Waals surface area contributed by atoms with Crippen molar-refractivity contribution in [3.8, 4) is 22.5 Å². The van der Waals surface area contributed by atoms with Crippen LogP contribution >= 0.6 is 0 Å². The standard InChI is InChI=1S/C31H29N9O/c1-21(41)38-13-15-39(16-14-38)23-8-9-29(33-17-23)36-31-32-12-11-26(35-31)28-18-34-30-10-7-22(19-40(28)30)25-20-37(2)27-6-4-3-5-24(25)27/h3-12,17-20H,13-16H2,1-2H3,(H,32,33,35,36). The van der Waals surface area contributed by atoms with Crippen LogP contribution in [0.2, 0.25) is 0 Å². The Labute approximate surface area is 236 Å². The van der Waals surface area contributed by atoms with Gasteiger partial charge < -0.3 is 19.7 Å². The van der Waals surface area contributed by atoms with Crippen LogP contribution in [0.4, 0.5) is 17.5 Å². The first-order valence-electron chi connectivity index (χ1n) is 13.6. The van der Waals surface area contributed by atoms with Crippen LogP contribution in [0, 0.1) is 0 Å². The Balaban J connectivity index is 1.13. The summed E-state index contributed by atoms with van der Waals surface area (Å²) in [7, 11) is 2.07. The topological polar surface area (TPSA) is 96.5 Å². The second-order valence-electron chi connectivity index (χ2n) is 10.2. The minimum absolute atomic E-state index is 0.124. The number of pyridine rings is 2. The SMILES string of the molecule is CC(=O)N1CCN(c2ccc(Nc3nccc(-c4cnc5ccc(-c6cn(C)c7ccccc67)cn45)n3)nc2)CC1. The smallest absolute Gasteiger partial charge is 0.228 e. The molecule has 0 saturated carbocycles. The molecule has 0 atom stereocenters. The number of piperazine rings is 1. The van der Waals surface area contributed by atoms with Crippen LogP contribution in [0.1, 0.15) is 6.92 Å². The molecule has 1 saturated heterocycles. The van der Waals surface area contributed by atoms with Gasteiger partial charge in [-0.1, -0.05) is 18.2 Å². The summed E-state index contributed by atoms with van der Waals surface area (Å²) in [6, 6.07) is 18.4. The Hall–Kier alpha value is -5.25. The van der Waals surface area contributed by atoms with Gasteiger partial charge in [0.25, 0.3) is 0 Å². The fraction of sp³-hybridized carbons (Fsp3) is 0.194. The van der Waals surface area contributed by atoms with E-state index in [-0.39, 0.29) is 5.91 Å². The normalized spacial score (nSPS) is 13.7. The molecule has 7 rings (SSSR count). The van der Waals surface area contributed by atoms with Gasteiger partial charge in [-0.3, -0.25) is 9.20 Å². The molecule has 0 spiro atoms. The van der Waals surface area contributed by atoms with E-state index in [4.69, 9.17) is 4.98 Å².